The van der Waals surface area contributed by atoms with Crippen molar-refractivity contribution in [3.8, 4) is 17.2 Å². The van der Waals surface area contributed by atoms with Gasteiger partial charge in [-0.25, -0.2) is 4.79 Å². The van der Waals surface area contributed by atoms with Crippen LogP contribution in [0.15, 0.2) is 54.6 Å². The Morgan fingerprint density at radius 1 is 1.19 bits per heavy atom. The summed E-state index contributed by atoms with van der Waals surface area (Å²) in [5.41, 5.74) is 3.86. The Bertz CT molecular complexity index is 709. The van der Waals surface area contributed by atoms with Gasteiger partial charge in [0, 0.05) is 6.08 Å². The Morgan fingerprint density at radius 3 is 2.48 bits per heavy atom. The number of benzene rings is 2. The summed E-state index contributed by atoms with van der Waals surface area (Å²) in [6.07, 6.45) is 2.66. The highest BCUT2D eigenvalue weighted by molar-refractivity contribution is 5.85. The molecule has 1 atom stereocenters. The van der Waals surface area contributed by atoms with Crippen LogP contribution in [0.1, 0.15) is 24.0 Å². The zero-order chi connectivity index (χ0) is 15.2. The van der Waals surface area contributed by atoms with Crippen molar-refractivity contribution in [1.29, 1.82) is 5.26 Å². The van der Waals surface area contributed by atoms with E-state index in [1.165, 1.54) is 0 Å². The van der Waals surface area contributed by atoms with Crippen molar-refractivity contribution in [1.82, 2.24) is 0 Å². The molecule has 0 saturated heterocycles. The number of hydrogen-bond donors (Lipinski definition) is 1. The highest BCUT2D eigenvalue weighted by Crippen LogP contribution is 2.29. The van der Waals surface area contributed by atoms with Crippen molar-refractivity contribution in [2.24, 2.45) is 0 Å². The monoisotopic (exact) mass is 277 g/mol. The highest BCUT2D eigenvalue weighted by Gasteiger charge is 2.10. The van der Waals surface area contributed by atoms with E-state index in [1.807, 2.05) is 55.5 Å². The summed E-state index contributed by atoms with van der Waals surface area (Å²) in [5, 5.41) is 17.7. The van der Waals surface area contributed by atoms with Gasteiger partial charge in [-0.3, -0.25) is 0 Å². The normalized spacial score (nSPS) is 12.0. The molecule has 0 saturated carbocycles. The Balaban J connectivity index is 2.36. The second-order valence-electron chi connectivity index (χ2n) is 4.73. The van der Waals surface area contributed by atoms with Gasteiger partial charge in [0.05, 0.1) is 12.0 Å². The van der Waals surface area contributed by atoms with Crippen LogP contribution in [0, 0.1) is 11.3 Å². The van der Waals surface area contributed by atoms with Crippen molar-refractivity contribution in [3.63, 3.8) is 0 Å². The molecule has 3 nitrogen and oxygen atoms in total. The van der Waals surface area contributed by atoms with Crippen LogP contribution in [0.2, 0.25) is 0 Å². The van der Waals surface area contributed by atoms with E-state index in [-0.39, 0.29) is 5.92 Å². The molecular formula is C18H15NO2. The van der Waals surface area contributed by atoms with E-state index in [0.29, 0.717) is 0 Å². The molecule has 21 heavy (non-hydrogen) atoms. The minimum atomic E-state index is -0.965. The van der Waals surface area contributed by atoms with Gasteiger partial charge in [-0.2, -0.15) is 5.26 Å². The van der Waals surface area contributed by atoms with E-state index < -0.39 is 5.97 Å². The van der Waals surface area contributed by atoms with Crippen LogP contribution in [0.3, 0.4) is 0 Å². The molecule has 0 aromatic heterocycles. The van der Waals surface area contributed by atoms with Gasteiger partial charge in [-0.15, -0.1) is 0 Å². The third-order valence-electron chi connectivity index (χ3n) is 3.26. The maximum absolute atomic E-state index is 10.5. The predicted molar refractivity (Wildman–Crippen MR) is 82.6 cm³/mol. The zero-order valence-corrected chi connectivity index (χ0v) is 11.7. The van der Waals surface area contributed by atoms with Gasteiger partial charge >= 0.3 is 5.97 Å². The van der Waals surface area contributed by atoms with Crippen LogP contribution in [0.5, 0.6) is 0 Å². The number of nitriles is 1. The topological polar surface area (TPSA) is 61.1 Å². The Labute approximate surface area is 123 Å². The molecule has 0 bridgehead atoms. The summed E-state index contributed by atoms with van der Waals surface area (Å²) in [6.45, 7) is 1.88. The minimum absolute atomic E-state index is 0.173. The number of rotatable bonds is 4. The van der Waals surface area contributed by atoms with Gasteiger partial charge in [0.2, 0.25) is 0 Å². The first-order valence-corrected chi connectivity index (χ1v) is 6.62. The van der Waals surface area contributed by atoms with E-state index in [0.717, 1.165) is 28.3 Å². The second kappa shape index (κ2) is 6.53. The second-order valence-corrected chi connectivity index (χ2v) is 4.73. The zero-order valence-electron chi connectivity index (χ0n) is 11.7. The number of aliphatic carboxylic acids is 1. The van der Waals surface area contributed by atoms with Crippen molar-refractivity contribution in [2.75, 3.05) is 0 Å². The fourth-order valence-electron chi connectivity index (χ4n) is 2.15. The van der Waals surface area contributed by atoms with E-state index >= 15 is 0 Å². The Hall–Kier alpha value is -2.86. The smallest absolute Gasteiger partial charge is 0.328 e. The molecular weight excluding hydrogens is 262 g/mol. The van der Waals surface area contributed by atoms with Gasteiger partial charge in [-0.05, 0) is 35.3 Å². The van der Waals surface area contributed by atoms with Crippen molar-refractivity contribution in [2.45, 2.75) is 12.8 Å². The van der Waals surface area contributed by atoms with E-state index in [4.69, 9.17) is 10.4 Å². The number of carboxylic acid groups (broad SMARTS) is 1. The SMILES string of the molecule is CC(C#N)c1ccccc1-c1ccc(C=CC(=O)O)cc1. The molecule has 2 aromatic rings. The summed E-state index contributed by atoms with van der Waals surface area (Å²) in [5.74, 6) is -1.14. The first-order valence-electron chi connectivity index (χ1n) is 6.62. The van der Waals surface area contributed by atoms with Gasteiger partial charge in [-0.1, -0.05) is 48.5 Å². The first kappa shape index (κ1) is 14.5. The molecule has 0 heterocycles. The Morgan fingerprint density at radius 2 is 1.86 bits per heavy atom. The largest absolute Gasteiger partial charge is 0.478 e. The maximum atomic E-state index is 10.5. The summed E-state index contributed by atoms with van der Waals surface area (Å²) in [7, 11) is 0. The Kier molecular flexibility index (Phi) is 4.53. The molecule has 0 aliphatic rings. The number of hydrogen-bond acceptors (Lipinski definition) is 2. The number of nitrogens with zero attached hydrogens (tertiary/aromatic N) is 1. The summed E-state index contributed by atoms with van der Waals surface area (Å²) >= 11 is 0. The average molecular weight is 277 g/mol. The lowest BCUT2D eigenvalue weighted by Crippen LogP contribution is -1.93. The van der Waals surface area contributed by atoms with Crippen LogP contribution in [-0.4, -0.2) is 11.1 Å². The van der Waals surface area contributed by atoms with Gasteiger partial charge in [0.15, 0.2) is 0 Å². The molecule has 3 heteroatoms. The minimum Gasteiger partial charge on any atom is -0.478 e. The van der Waals surface area contributed by atoms with Crippen molar-refractivity contribution < 1.29 is 9.90 Å². The van der Waals surface area contributed by atoms with Gasteiger partial charge in [0.25, 0.3) is 0 Å². The van der Waals surface area contributed by atoms with Crippen molar-refractivity contribution in [3.05, 3.63) is 65.7 Å². The first-order chi connectivity index (χ1) is 10.1. The average Bonchev–Trinajstić information content (AvgIpc) is 2.52. The van der Waals surface area contributed by atoms with Gasteiger partial charge in [0.1, 0.15) is 0 Å². The quantitative estimate of drug-likeness (QED) is 0.856. The van der Waals surface area contributed by atoms with Crippen LogP contribution < -0.4 is 0 Å². The van der Waals surface area contributed by atoms with E-state index in [9.17, 15) is 4.79 Å². The van der Waals surface area contributed by atoms with Crippen LogP contribution in [0.25, 0.3) is 17.2 Å². The lowest BCUT2D eigenvalue weighted by molar-refractivity contribution is -0.131. The standard InChI is InChI=1S/C18H15NO2/c1-13(12-19)16-4-2-3-5-17(16)15-9-6-14(7-10-15)8-11-18(20)21/h2-11,13H,1H3,(H,20,21). The molecule has 104 valence electrons. The summed E-state index contributed by atoms with van der Waals surface area (Å²) in [4.78, 5) is 10.5. The van der Waals surface area contributed by atoms with Crippen LogP contribution in [0.4, 0.5) is 0 Å². The highest BCUT2D eigenvalue weighted by atomic mass is 16.4. The third kappa shape index (κ3) is 3.58. The maximum Gasteiger partial charge on any atom is 0.328 e. The van der Waals surface area contributed by atoms with Crippen LogP contribution in [-0.2, 0) is 4.79 Å². The third-order valence-corrected chi connectivity index (χ3v) is 3.26. The number of carboxylic acids is 1. The lowest BCUT2D eigenvalue weighted by atomic mass is 9.92. The van der Waals surface area contributed by atoms with Crippen molar-refractivity contribution >= 4 is 12.0 Å². The van der Waals surface area contributed by atoms with Gasteiger partial charge < -0.3 is 5.11 Å². The molecule has 1 unspecified atom stereocenters. The molecule has 0 aliphatic carbocycles. The predicted octanol–water partition coefficient (Wildman–Crippen LogP) is 4.08. The van der Waals surface area contributed by atoms with E-state index in [2.05, 4.69) is 6.07 Å². The summed E-state index contributed by atoms with van der Waals surface area (Å²) < 4.78 is 0. The molecule has 0 fully saturated rings. The molecule has 2 rings (SSSR count). The lowest BCUT2D eigenvalue weighted by Gasteiger charge is -2.11. The molecule has 0 aliphatic heterocycles. The molecule has 0 radical (unpaired) electrons. The van der Waals surface area contributed by atoms with Crippen LogP contribution >= 0.6 is 0 Å². The molecule has 1 N–H and O–H groups in total. The fourth-order valence-corrected chi connectivity index (χ4v) is 2.15. The molecule has 0 amide bonds. The summed E-state index contributed by atoms with van der Waals surface area (Å²) in [6, 6.07) is 17.7. The number of carbonyl (C=O) groups is 1. The van der Waals surface area contributed by atoms with E-state index in [1.54, 1.807) is 6.08 Å². The molecule has 0 spiro atoms. The fraction of sp³-hybridized carbons (Fsp3) is 0.111. The molecule has 2 aromatic carbocycles.